The number of halogens is 1. The van der Waals surface area contributed by atoms with Gasteiger partial charge >= 0.3 is 0 Å². The zero-order chi connectivity index (χ0) is 14.0. The lowest BCUT2D eigenvalue weighted by molar-refractivity contribution is 0.0705. The summed E-state index contributed by atoms with van der Waals surface area (Å²) in [6, 6.07) is 0.941. The molecule has 19 heavy (non-hydrogen) atoms. The highest BCUT2D eigenvalue weighted by atomic mass is 32.2. The van der Waals surface area contributed by atoms with Gasteiger partial charge in [0.15, 0.2) is 21.5 Å². The largest absolute Gasteiger partial charge is 0.352 e. The van der Waals surface area contributed by atoms with Crippen molar-refractivity contribution in [3.8, 4) is 0 Å². The van der Waals surface area contributed by atoms with Crippen LogP contribution in [0.5, 0.6) is 0 Å². The zero-order valence-corrected chi connectivity index (χ0v) is 10.7. The van der Waals surface area contributed by atoms with Crippen LogP contribution in [0.1, 0.15) is 10.4 Å². The van der Waals surface area contributed by atoms with Crippen molar-refractivity contribution >= 4 is 21.6 Å². The standard InChI is InChI=1S/C10H12FN3O4S/c11-8-5-7(10(15)13-16)6-12-9(8)14-1-3-19(17,18)4-2-14/h5-6,16H,1-4H2,(H,13,15). The Morgan fingerprint density at radius 2 is 2.05 bits per heavy atom. The van der Waals surface area contributed by atoms with Crippen LogP contribution in [0.25, 0.3) is 0 Å². The Kier molecular flexibility index (Phi) is 3.67. The molecule has 0 spiro atoms. The molecule has 1 aromatic heterocycles. The summed E-state index contributed by atoms with van der Waals surface area (Å²) < 4.78 is 36.4. The number of carbonyl (C=O) groups is 1. The number of amides is 1. The zero-order valence-electron chi connectivity index (χ0n) is 9.84. The first kappa shape index (κ1) is 13.7. The normalized spacial score (nSPS) is 18.1. The van der Waals surface area contributed by atoms with Gasteiger partial charge in [0, 0.05) is 19.3 Å². The van der Waals surface area contributed by atoms with E-state index < -0.39 is 21.6 Å². The topological polar surface area (TPSA) is 99.6 Å². The lowest BCUT2D eigenvalue weighted by Gasteiger charge is -2.27. The second kappa shape index (κ2) is 5.10. The average molecular weight is 289 g/mol. The molecule has 0 aliphatic carbocycles. The van der Waals surface area contributed by atoms with Gasteiger partial charge in [0.25, 0.3) is 5.91 Å². The van der Waals surface area contributed by atoms with Crippen molar-refractivity contribution in [3.63, 3.8) is 0 Å². The van der Waals surface area contributed by atoms with Gasteiger partial charge in [-0.15, -0.1) is 0 Å². The minimum absolute atomic E-state index is 0.00406. The molecule has 0 radical (unpaired) electrons. The minimum atomic E-state index is -3.05. The summed E-state index contributed by atoms with van der Waals surface area (Å²) in [7, 11) is -3.05. The molecule has 9 heteroatoms. The quantitative estimate of drug-likeness (QED) is 0.566. The number of nitrogens with zero attached hydrogens (tertiary/aromatic N) is 2. The monoisotopic (exact) mass is 289 g/mol. The molecule has 0 atom stereocenters. The first-order valence-corrected chi connectivity index (χ1v) is 7.30. The summed E-state index contributed by atoms with van der Waals surface area (Å²) in [5.41, 5.74) is 1.26. The van der Waals surface area contributed by atoms with Crippen molar-refractivity contribution < 1.29 is 22.8 Å². The summed E-state index contributed by atoms with van der Waals surface area (Å²) in [5.74, 6) is -1.69. The lowest BCUT2D eigenvalue weighted by atomic mass is 10.2. The van der Waals surface area contributed by atoms with Crippen LogP contribution in [0, 0.1) is 5.82 Å². The second-order valence-electron chi connectivity index (χ2n) is 4.11. The highest BCUT2D eigenvalue weighted by Crippen LogP contribution is 2.19. The first-order chi connectivity index (χ1) is 8.93. The number of pyridine rings is 1. The van der Waals surface area contributed by atoms with Gasteiger partial charge in [-0.25, -0.2) is 23.3 Å². The van der Waals surface area contributed by atoms with E-state index in [0.717, 1.165) is 12.3 Å². The molecule has 0 bridgehead atoms. The molecule has 2 N–H and O–H groups in total. The van der Waals surface area contributed by atoms with Crippen LogP contribution in [-0.2, 0) is 9.84 Å². The van der Waals surface area contributed by atoms with Gasteiger partial charge in [0.2, 0.25) is 0 Å². The van der Waals surface area contributed by atoms with Crippen molar-refractivity contribution in [3.05, 3.63) is 23.6 Å². The van der Waals surface area contributed by atoms with E-state index in [1.165, 1.54) is 10.4 Å². The number of hydroxylamine groups is 1. The second-order valence-corrected chi connectivity index (χ2v) is 6.41. The molecule has 1 aliphatic rings. The van der Waals surface area contributed by atoms with E-state index in [0.29, 0.717) is 0 Å². The summed E-state index contributed by atoms with van der Waals surface area (Å²) in [6.07, 6.45) is 1.12. The van der Waals surface area contributed by atoms with Gasteiger partial charge in [-0.2, -0.15) is 0 Å². The Morgan fingerprint density at radius 3 is 2.58 bits per heavy atom. The van der Waals surface area contributed by atoms with Gasteiger partial charge in [0.05, 0.1) is 17.1 Å². The molecule has 1 fully saturated rings. The summed E-state index contributed by atoms with van der Waals surface area (Å²) in [6.45, 7) is 0.329. The Bertz CT molecular complexity index is 591. The van der Waals surface area contributed by atoms with Crippen molar-refractivity contribution in [1.29, 1.82) is 0 Å². The van der Waals surface area contributed by atoms with E-state index in [9.17, 15) is 17.6 Å². The number of rotatable bonds is 2. The average Bonchev–Trinajstić information content (AvgIpc) is 2.38. The van der Waals surface area contributed by atoms with Gasteiger partial charge in [-0.3, -0.25) is 10.0 Å². The molecule has 0 saturated carbocycles. The van der Waals surface area contributed by atoms with E-state index in [2.05, 4.69) is 4.98 Å². The van der Waals surface area contributed by atoms with Crippen molar-refractivity contribution in [2.75, 3.05) is 29.5 Å². The fraction of sp³-hybridized carbons (Fsp3) is 0.400. The number of nitrogens with one attached hydrogen (secondary N) is 1. The maximum absolute atomic E-state index is 13.8. The van der Waals surface area contributed by atoms with Gasteiger partial charge in [0.1, 0.15) is 0 Å². The number of sulfone groups is 1. The third kappa shape index (κ3) is 2.99. The molecule has 1 amide bonds. The number of carbonyl (C=O) groups excluding carboxylic acids is 1. The van der Waals surface area contributed by atoms with Crippen LogP contribution < -0.4 is 10.4 Å². The Hall–Kier alpha value is -1.74. The Morgan fingerprint density at radius 1 is 1.42 bits per heavy atom. The third-order valence-corrected chi connectivity index (χ3v) is 4.44. The van der Waals surface area contributed by atoms with E-state index in [4.69, 9.17) is 5.21 Å². The fourth-order valence-electron chi connectivity index (χ4n) is 1.78. The van der Waals surface area contributed by atoms with Crippen LogP contribution >= 0.6 is 0 Å². The molecular formula is C10H12FN3O4S. The summed E-state index contributed by atoms with van der Waals surface area (Å²) in [4.78, 5) is 16.4. The molecule has 0 unspecified atom stereocenters. The summed E-state index contributed by atoms with van der Waals surface area (Å²) >= 11 is 0. The lowest BCUT2D eigenvalue weighted by Crippen LogP contribution is -2.41. The van der Waals surface area contributed by atoms with Gasteiger partial charge in [-0.1, -0.05) is 0 Å². The molecule has 1 aromatic rings. The van der Waals surface area contributed by atoms with Gasteiger partial charge in [-0.05, 0) is 6.07 Å². The molecule has 2 heterocycles. The van der Waals surface area contributed by atoms with E-state index in [1.54, 1.807) is 0 Å². The van der Waals surface area contributed by atoms with E-state index in [-0.39, 0.29) is 36.0 Å². The van der Waals surface area contributed by atoms with Crippen molar-refractivity contribution in [2.24, 2.45) is 0 Å². The maximum Gasteiger partial charge on any atom is 0.276 e. The highest BCUT2D eigenvalue weighted by molar-refractivity contribution is 7.91. The van der Waals surface area contributed by atoms with Crippen LogP contribution in [0.15, 0.2) is 12.3 Å². The van der Waals surface area contributed by atoms with Crippen molar-refractivity contribution in [1.82, 2.24) is 10.5 Å². The van der Waals surface area contributed by atoms with Crippen LogP contribution in [0.2, 0.25) is 0 Å². The SMILES string of the molecule is O=C(NO)c1cnc(N2CCS(=O)(=O)CC2)c(F)c1. The smallest absolute Gasteiger partial charge is 0.276 e. The number of aromatic nitrogens is 1. The number of hydrogen-bond acceptors (Lipinski definition) is 6. The Balaban J connectivity index is 2.20. The molecule has 7 nitrogen and oxygen atoms in total. The van der Waals surface area contributed by atoms with E-state index in [1.807, 2.05) is 0 Å². The van der Waals surface area contributed by atoms with Crippen molar-refractivity contribution in [2.45, 2.75) is 0 Å². The fourth-order valence-corrected chi connectivity index (χ4v) is 2.98. The highest BCUT2D eigenvalue weighted by Gasteiger charge is 2.24. The minimum Gasteiger partial charge on any atom is -0.352 e. The molecular weight excluding hydrogens is 277 g/mol. The van der Waals surface area contributed by atoms with Crippen LogP contribution in [-0.4, -0.2) is 49.1 Å². The van der Waals surface area contributed by atoms with E-state index >= 15 is 0 Å². The first-order valence-electron chi connectivity index (χ1n) is 5.48. The molecule has 0 aromatic carbocycles. The molecule has 104 valence electrons. The van der Waals surface area contributed by atoms with Crippen LogP contribution in [0.3, 0.4) is 0 Å². The van der Waals surface area contributed by atoms with Gasteiger partial charge < -0.3 is 4.90 Å². The predicted octanol–water partition coefficient (Wildman–Crippen LogP) is -0.425. The maximum atomic E-state index is 13.8. The number of anilines is 1. The number of hydrogen-bond donors (Lipinski definition) is 2. The summed E-state index contributed by atoms with van der Waals surface area (Å²) in [5, 5.41) is 8.43. The molecule has 2 rings (SSSR count). The molecule has 1 aliphatic heterocycles. The third-order valence-electron chi connectivity index (χ3n) is 2.83. The van der Waals surface area contributed by atoms with Crippen LogP contribution in [0.4, 0.5) is 10.2 Å². The predicted molar refractivity (Wildman–Crippen MR) is 64.3 cm³/mol. The molecule has 1 saturated heterocycles. The Labute approximate surface area is 108 Å².